The van der Waals surface area contributed by atoms with E-state index in [1.54, 1.807) is 12.4 Å². The van der Waals surface area contributed by atoms with Crippen molar-refractivity contribution in [3.63, 3.8) is 0 Å². The zero-order chi connectivity index (χ0) is 11.2. The van der Waals surface area contributed by atoms with E-state index < -0.39 is 0 Å². The monoisotopic (exact) mass is 215 g/mol. The molecule has 16 heavy (non-hydrogen) atoms. The third kappa shape index (κ3) is 2.66. The highest BCUT2D eigenvalue weighted by Crippen LogP contribution is 2.14. The van der Waals surface area contributed by atoms with Gasteiger partial charge < -0.3 is 4.57 Å². The van der Waals surface area contributed by atoms with Gasteiger partial charge in [0, 0.05) is 30.7 Å². The number of aryl methyl sites for hydroxylation is 1. The molecule has 4 heteroatoms. The summed E-state index contributed by atoms with van der Waals surface area (Å²) in [5.74, 6) is 0. The smallest absolute Gasteiger partial charge is 0.115 e. The lowest BCUT2D eigenvalue weighted by Crippen LogP contribution is -1.93. The minimum absolute atomic E-state index is 0.932. The Bertz CT molecular complexity index is 422. The van der Waals surface area contributed by atoms with Gasteiger partial charge >= 0.3 is 0 Å². The standard InChI is InChI=1S/C12H15N4/c1-2-3-4-5-16-8-12(15-10-16)11-6-13-9-14-7-11/h2,6-10H,3-5H2,1H3. The zero-order valence-electron chi connectivity index (χ0n) is 9.37. The Morgan fingerprint density at radius 3 is 2.88 bits per heavy atom. The summed E-state index contributed by atoms with van der Waals surface area (Å²) in [6.45, 7) is 3.09. The quantitative estimate of drug-likeness (QED) is 0.719. The highest BCUT2D eigenvalue weighted by molar-refractivity contribution is 5.55. The summed E-state index contributed by atoms with van der Waals surface area (Å²) in [5.41, 5.74) is 1.89. The molecular weight excluding hydrogens is 200 g/mol. The first-order chi connectivity index (χ1) is 7.90. The Labute approximate surface area is 95.4 Å². The van der Waals surface area contributed by atoms with Crippen molar-refractivity contribution in [2.45, 2.75) is 26.3 Å². The molecule has 2 aromatic rings. The summed E-state index contributed by atoms with van der Waals surface area (Å²) in [6, 6.07) is 0. The fourth-order valence-corrected chi connectivity index (χ4v) is 1.54. The Morgan fingerprint density at radius 2 is 2.12 bits per heavy atom. The van der Waals surface area contributed by atoms with E-state index in [-0.39, 0.29) is 0 Å². The summed E-state index contributed by atoms with van der Waals surface area (Å²) in [7, 11) is 0. The molecule has 2 heterocycles. The van der Waals surface area contributed by atoms with Crippen LogP contribution in [0.15, 0.2) is 31.2 Å². The second-order valence-electron chi connectivity index (χ2n) is 3.67. The Hall–Kier alpha value is -1.71. The van der Waals surface area contributed by atoms with Crippen molar-refractivity contribution in [2.75, 3.05) is 0 Å². The summed E-state index contributed by atoms with van der Waals surface area (Å²) >= 11 is 0. The average molecular weight is 215 g/mol. The van der Waals surface area contributed by atoms with Crippen LogP contribution in [-0.4, -0.2) is 19.5 Å². The van der Waals surface area contributed by atoms with Gasteiger partial charge in [-0.05, 0) is 19.3 Å². The van der Waals surface area contributed by atoms with Crippen LogP contribution in [0.3, 0.4) is 0 Å². The molecule has 2 rings (SSSR count). The average Bonchev–Trinajstić information content (AvgIpc) is 2.79. The van der Waals surface area contributed by atoms with Crippen LogP contribution < -0.4 is 0 Å². The van der Waals surface area contributed by atoms with E-state index in [4.69, 9.17) is 0 Å². The largest absolute Gasteiger partial charge is 0.337 e. The van der Waals surface area contributed by atoms with Crippen molar-refractivity contribution in [2.24, 2.45) is 0 Å². The molecule has 1 radical (unpaired) electrons. The number of unbranched alkanes of at least 4 members (excludes halogenated alkanes) is 2. The topological polar surface area (TPSA) is 43.6 Å². The van der Waals surface area contributed by atoms with Crippen molar-refractivity contribution in [1.29, 1.82) is 0 Å². The second-order valence-corrected chi connectivity index (χ2v) is 3.67. The molecule has 0 spiro atoms. The van der Waals surface area contributed by atoms with Crippen molar-refractivity contribution < 1.29 is 0 Å². The first-order valence-corrected chi connectivity index (χ1v) is 5.45. The molecule has 0 aliphatic heterocycles. The molecule has 0 atom stereocenters. The van der Waals surface area contributed by atoms with Gasteiger partial charge in [0.15, 0.2) is 0 Å². The molecule has 0 aromatic carbocycles. The van der Waals surface area contributed by atoms with E-state index in [2.05, 4.69) is 32.9 Å². The van der Waals surface area contributed by atoms with E-state index in [1.807, 2.05) is 12.5 Å². The molecule has 0 unspecified atom stereocenters. The SMILES string of the molecule is C[CH]CCCn1cnc(-c2cncnc2)c1. The maximum atomic E-state index is 4.34. The maximum absolute atomic E-state index is 4.34. The normalized spacial score (nSPS) is 10.6. The van der Waals surface area contributed by atoms with Crippen LogP contribution in [0.25, 0.3) is 11.3 Å². The maximum Gasteiger partial charge on any atom is 0.115 e. The fourth-order valence-electron chi connectivity index (χ4n) is 1.54. The molecule has 0 bridgehead atoms. The van der Waals surface area contributed by atoms with Crippen LogP contribution in [0.5, 0.6) is 0 Å². The molecule has 0 aliphatic rings. The van der Waals surface area contributed by atoms with Gasteiger partial charge in [-0.15, -0.1) is 0 Å². The number of aromatic nitrogens is 4. The van der Waals surface area contributed by atoms with Gasteiger partial charge in [-0.2, -0.15) is 0 Å². The van der Waals surface area contributed by atoms with Gasteiger partial charge in [-0.25, -0.2) is 15.0 Å². The molecule has 0 aliphatic carbocycles. The molecule has 2 aromatic heterocycles. The van der Waals surface area contributed by atoms with Crippen LogP contribution >= 0.6 is 0 Å². The zero-order valence-corrected chi connectivity index (χ0v) is 9.37. The fraction of sp³-hybridized carbons (Fsp3) is 0.333. The lowest BCUT2D eigenvalue weighted by Gasteiger charge is -1.99. The molecule has 0 saturated carbocycles. The Morgan fingerprint density at radius 1 is 1.31 bits per heavy atom. The van der Waals surface area contributed by atoms with E-state index in [0.29, 0.717) is 0 Å². The van der Waals surface area contributed by atoms with Crippen molar-refractivity contribution in [3.8, 4) is 11.3 Å². The van der Waals surface area contributed by atoms with Crippen LogP contribution in [0, 0.1) is 6.42 Å². The summed E-state index contributed by atoms with van der Waals surface area (Å²) in [4.78, 5) is 12.3. The third-order valence-electron chi connectivity index (χ3n) is 2.40. The van der Waals surface area contributed by atoms with Gasteiger partial charge in [-0.1, -0.05) is 6.92 Å². The van der Waals surface area contributed by atoms with Crippen LogP contribution in [-0.2, 0) is 6.54 Å². The minimum atomic E-state index is 0.932. The van der Waals surface area contributed by atoms with Gasteiger partial charge in [0.1, 0.15) is 6.33 Å². The highest BCUT2D eigenvalue weighted by Gasteiger charge is 2.01. The van der Waals surface area contributed by atoms with Gasteiger partial charge in [0.2, 0.25) is 0 Å². The molecule has 0 amide bonds. The predicted octanol–water partition coefficient (Wildman–Crippen LogP) is 2.34. The molecule has 0 N–H and O–H groups in total. The van der Waals surface area contributed by atoms with Gasteiger partial charge in [0.05, 0.1) is 12.0 Å². The second kappa shape index (κ2) is 5.39. The van der Waals surface area contributed by atoms with E-state index in [1.165, 1.54) is 6.33 Å². The van der Waals surface area contributed by atoms with Crippen LogP contribution in [0.2, 0.25) is 0 Å². The number of rotatable bonds is 5. The number of nitrogens with zero attached hydrogens (tertiary/aromatic N) is 4. The first kappa shape index (κ1) is 10.8. The number of imidazole rings is 1. The summed E-state index contributed by atoms with van der Waals surface area (Å²) < 4.78 is 2.10. The van der Waals surface area contributed by atoms with Crippen molar-refractivity contribution in [1.82, 2.24) is 19.5 Å². The van der Waals surface area contributed by atoms with Crippen molar-refractivity contribution >= 4 is 0 Å². The lowest BCUT2D eigenvalue weighted by molar-refractivity contribution is 0.638. The van der Waals surface area contributed by atoms with Crippen LogP contribution in [0.1, 0.15) is 19.8 Å². The number of hydrogen-bond donors (Lipinski definition) is 0. The molecule has 83 valence electrons. The predicted molar refractivity (Wildman–Crippen MR) is 62.5 cm³/mol. The third-order valence-corrected chi connectivity index (χ3v) is 2.40. The lowest BCUT2D eigenvalue weighted by atomic mass is 10.2. The van der Waals surface area contributed by atoms with E-state index in [9.17, 15) is 0 Å². The Balaban J connectivity index is 2.02. The van der Waals surface area contributed by atoms with Gasteiger partial charge in [-0.3, -0.25) is 0 Å². The van der Waals surface area contributed by atoms with Gasteiger partial charge in [0.25, 0.3) is 0 Å². The number of hydrogen-bond acceptors (Lipinski definition) is 3. The Kier molecular flexibility index (Phi) is 3.64. The minimum Gasteiger partial charge on any atom is -0.337 e. The summed E-state index contributed by atoms with van der Waals surface area (Å²) in [5, 5.41) is 0. The van der Waals surface area contributed by atoms with E-state index >= 15 is 0 Å². The molecule has 4 nitrogen and oxygen atoms in total. The van der Waals surface area contributed by atoms with Crippen LogP contribution in [0.4, 0.5) is 0 Å². The molecule has 0 fully saturated rings. The van der Waals surface area contributed by atoms with Crippen molar-refractivity contribution in [3.05, 3.63) is 37.7 Å². The highest BCUT2D eigenvalue weighted by atomic mass is 15.0. The first-order valence-electron chi connectivity index (χ1n) is 5.45. The summed E-state index contributed by atoms with van der Waals surface area (Å²) in [6.07, 6.45) is 13.4. The van der Waals surface area contributed by atoms with E-state index in [0.717, 1.165) is 30.6 Å². The molecular formula is C12H15N4. The molecule has 0 saturated heterocycles.